The van der Waals surface area contributed by atoms with Crippen LogP contribution in [0, 0.1) is 5.92 Å². The lowest BCUT2D eigenvalue weighted by Crippen LogP contribution is -2.32. The van der Waals surface area contributed by atoms with Crippen LogP contribution >= 0.6 is 15.9 Å². The van der Waals surface area contributed by atoms with E-state index in [1.54, 1.807) is 12.3 Å². The molecule has 2 heterocycles. The number of aromatic nitrogens is 1. The molecule has 0 saturated carbocycles. The van der Waals surface area contributed by atoms with E-state index < -0.39 is 11.7 Å². The molecule has 0 aromatic carbocycles. The standard InChI is InChI=1S/C14H19BrN2O4/c1-14(2,3)21-13(18)17-10-4-12(15)16-5-11(10)20-8-9-6-19-7-9/h4-5,9H,6-8H2,1-3H3,(H,16,17,18). The molecule has 0 spiro atoms. The van der Waals surface area contributed by atoms with Crippen molar-refractivity contribution in [3.8, 4) is 5.75 Å². The highest BCUT2D eigenvalue weighted by Gasteiger charge is 2.21. The molecule has 1 aromatic heterocycles. The fraction of sp³-hybridized carbons (Fsp3) is 0.571. The summed E-state index contributed by atoms with van der Waals surface area (Å²) in [5.74, 6) is 0.902. The molecule has 6 nitrogen and oxygen atoms in total. The Morgan fingerprint density at radius 1 is 1.52 bits per heavy atom. The van der Waals surface area contributed by atoms with Gasteiger partial charge >= 0.3 is 6.09 Å². The molecular formula is C14H19BrN2O4. The summed E-state index contributed by atoms with van der Waals surface area (Å²) in [4.78, 5) is 16.0. The second-order valence-electron chi connectivity index (χ2n) is 5.84. The average molecular weight is 359 g/mol. The summed E-state index contributed by atoms with van der Waals surface area (Å²) in [6, 6.07) is 1.68. The second-order valence-corrected chi connectivity index (χ2v) is 6.66. The Labute approximate surface area is 132 Å². The van der Waals surface area contributed by atoms with E-state index in [0.29, 0.717) is 41.8 Å². The number of amides is 1. The van der Waals surface area contributed by atoms with Crippen LogP contribution in [0.15, 0.2) is 16.9 Å². The van der Waals surface area contributed by atoms with Crippen molar-refractivity contribution in [1.82, 2.24) is 4.98 Å². The van der Waals surface area contributed by atoms with Crippen LogP contribution in [0.3, 0.4) is 0 Å². The molecule has 1 aliphatic rings. The zero-order chi connectivity index (χ0) is 15.5. The highest BCUT2D eigenvalue weighted by molar-refractivity contribution is 9.10. The first kappa shape index (κ1) is 16.0. The molecule has 1 amide bonds. The third-order valence-electron chi connectivity index (χ3n) is 2.65. The van der Waals surface area contributed by atoms with Gasteiger partial charge in [-0.25, -0.2) is 9.78 Å². The van der Waals surface area contributed by atoms with Crippen molar-refractivity contribution < 1.29 is 19.0 Å². The zero-order valence-corrected chi connectivity index (χ0v) is 13.9. The van der Waals surface area contributed by atoms with Crippen molar-refractivity contribution in [2.24, 2.45) is 5.92 Å². The number of ether oxygens (including phenoxy) is 3. The minimum atomic E-state index is -0.557. The first-order valence-electron chi connectivity index (χ1n) is 6.69. The van der Waals surface area contributed by atoms with Crippen LogP contribution in [0.25, 0.3) is 0 Å². The number of carbonyl (C=O) groups excluding carboxylic acids is 1. The monoisotopic (exact) mass is 358 g/mol. The van der Waals surface area contributed by atoms with Crippen LogP contribution in [0.5, 0.6) is 5.75 Å². The normalized spacial score (nSPS) is 15.2. The Morgan fingerprint density at radius 2 is 2.24 bits per heavy atom. The Hall–Kier alpha value is -1.34. The van der Waals surface area contributed by atoms with E-state index in [1.165, 1.54) is 0 Å². The molecule has 2 rings (SSSR count). The number of hydrogen-bond acceptors (Lipinski definition) is 5. The van der Waals surface area contributed by atoms with Gasteiger partial charge in [-0.2, -0.15) is 0 Å². The molecule has 1 fully saturated rings. The van der Waals surface area contributed by atoms with E-state index in [2.05, 4.69) is 26.2 Å². The number of pyridine rings is 1. The molecule has 7 heteroatoms. The van der Waals surface area contributed by atoms with E-state index in [9.17, 15) is 4.79 Å². The van der Waals surface area contributed by atoms with E-state index in [-0.39, 0.29) is 0 Å². The number of nitrogens with one attached hydrogen (secondary N) is 1. The molecule has 0 atom stereocenters. The van der Waals surface area contributed by atoms with Gasteiger partial charge in [-0.3, -0.25) is 5.32 Å². The van der Waals surface area contributed by atoms with Crippen LogP contribution < -0.4 is 10.1 Å². The van der Waals surface area contributed by atoms with Gasteiger partial charge in [-0.15, -0.1) is 0 Å². The molecule has 0 unspecified atom stereocenters. The number of rotatable bonds is 4. The van der Waals surface area contributed by atoms with Crippen LogP contribution in [-0.4, -0.2) is 36.5 Å². The van der Waals surface area contributed by atoms with E-state index in [0.717, 1.165) is 0 Å². The van der Waals surface area contributed by atoms with Gasteiger partial charge in [-0.05, 0) is 42.8 Å². The molecule has 116 valence electrons. The molecular weight excluding hydrogens is 340 g/mol. The number of carbonyl (C=O) groups is 1. The molecule has 0 bridgehead atoms. The average Bonchev–Trinajstić information content (AvgIpc) is 2.27. The number of halogens is 1. The van der Waals surface area contributed by atoms with Gasteiger partial charge in [-0.1, -0.05) is 0 Å². The number of hydrogen-bond donors (Lipinski definition) is 1. The van der Waals surface area contributed by atoms with Gasteiger partial charge in [0.05, 0.1) is 31.7 Å². The van der Waals surface area contributed by atoms with Gasteiger partial charge in [0.25, 0.3) is 0 Å². The Bertz CT molecular complexity index is 512. The second kappa shape index (κ2) is 6.62. The van der Waals surface area contributed by atoms with Crippen LogP contribution in [0.4, 0.5) is 10.5 Å². The summed E-state index contributed by atoms with van der Waals surface area (Å²) >= 11 is 3.27. The molecule has 1 saturated heterocycles. The van der Waals surface area contributed by atoms with E-state index >= 15 is 0 Å². The lowest BCUT2D eigenvalue weighted by Gasteiger charge is -2.26. The van der Waals surface area contributed by atoms with Crippen molar-refractivity contribution in [1.29, 1.82) is 0 Å². The Kier molecular flexibility index (Phi) is 5.05. The van der Waals surface area contributed by atoms with Gasteiger partial charge < -0.3 is 14.2 Å². The Morgan fingerprint density at radius 3 is 2.81 bits per heavy atom. The quantitative estimate of drug-likeness (QED) is 0.836. The van der Waals surface area contributed by atoms with Crippen molar-refractivity contribution >= 4 is 27.7 Å². The predicted molar refractivity (Wildman–Crippen MR) is 81.6 cm³/mol. The summed E-state index contributed by atoms with van der Waals surface area (Å²) in [6.45, 7) is 7.37. The van der Waals surface area contributed by atoms with E-state index in [1.807, 2.05) is 20.8 Å². The molecule has 21 heavy (non-hydrogen) atoms. The number of anilines is 1. The minimum absolute atomic E-state index is 0.392. The van der Waals surface area contributed by atoms with Crippen LogP contribution in [0.2, 0.25) is 0 Å². The smallest absolute Gasteiger partial charge is 0.412 e. The summed E-state index contributed by atoms with van der Waals surface area (Å²) in [5.41, 5.74) is -0.0371. The third-order valence-corrected chi connectivity index (χ3v) is 3.08. The van der Waals surface area contributed by atoms with Gasteiger partial charge in [0, 0.05) is 5.92 Å². The first-order chi connectivity index (χ1) is 9.83. The summed E-state index contributed by atoms with van der Waals surface area (Å²) in [5, 5.41) is 2.68. The van der Waals surface area contributed by atoms with E-state index in [4.69, 9.17) is 14.2 Å². The maximum atomic E-state index is 11.9. The molecule has 1 aliphatic heterocycles. The summed E-state index contributed by atoms with van der Waals surface area (Å²) in [6.07, 6.45) is 1.04. The lowest BCUT2D eigenvalue weighted by atomic mass is 10.1. The third kappa shape index (κ3) is 5.17. The van der Waals surface area contributed by atoms with Crippen molar-refractivity contribution in [2.75, 3.05) is 25.1 Å². The molecule has 0 radical (unpaired) electrons. The highest BCUT2D eigenvalue weighted by atomic mass is 79.9. The van der Waals surface area contributed by atoms with Crippen molar-refractivity contribution in [3.63, 3.8) is 0 Å². The summed E-state index contributed by atoms with van der Waals surface area (Å²) in [7, 11) is 0. The predicted octanol–water partition coefficient (Wildman–Crippen LogP) is 3.22. The highest BCUT2D eigenvalue weighted by Crippen LogP contribution is 2.28. The Balaban J connectivity index is 2.01. The maximum Gasteiger partial charge on any atom is 0.412 e. The fourth-order valence-corrected chi connectivity index (χ4v) is 1.96. The molecule has 0 aliphatic carbocycles. The fourth-order valence-electron chi connectivity index (χ4n) is 1.63. The topological polar surface area (TPSA) is 69.7 Å². The van der Waals surface area contributed by atoms with Gasteiger partial charge in [0.1, 0.15) is 10.2 Å². The van der Waals surface area contributed by atoms with Gasteiger partial charge in [0.15, 0.2) is 5.75 Å². The van der Waals surface area contributed by atoms with Crippen molar-refractivity contribution in [2.45, 2.75) is 26.4 Å². The zero-order valence-electron chi connectivity index (χ0n) is 12.3. The maximum absolute atomic E-state index is 11.9. The first-order valence-corrected chi connectivity index (χ1v) is 7.49. The molecule has 1 aromatic rings. The van der Waals surface area contributed by atoms with Crippen LogP contribution in [-0.2, 0) is 9.47 Å². The molecule has 1 N–H and O–H groups in total. The SMILES string of the molecule is CC(C)(C)OC(=O)Nc1cc(Br)ncc1OCC1COC1. The number of nitrogens with zero attached hydrogens (tertiary/aromatic N) is 1. The van der Waals surface area contributed by atoms with Crippen molar-refractivity contribution in [3.05, 3.63) is 16.9 Å². The summed E-state index contributed by atoms with van der Waals surface area (Å²) < 4.78 is 16.6. The van der Waals surface area contributed by atoms with Gasteiger partial charge in [0.2, 0.25) is 0 Å². The largest absolute Gasteiger partial charge is 0.489 e. The van der Waals surface area contributed by atoms with Crippen LogP contribution in [0.1, 0.15) is 20.8 Å². The minimum Gasteiger partial charge on any atom is -0.489 e. The lowest BCUT2D eigenvalue weighted by molar-refractivity contribution is -0.0508.